The Morgan fingerprint density at radius 3 is 2.43 bits per heavy atom. The summed E-state index contributed by atoms with van der Waals surface area (Å²) in [5, 5.41) is 3.91. The van der Waals surface area contributed by atoms with E-state index in [2.05, 4.69) is 15.3 Å². The average Bonchev–Trinajstić information content (AvgIpc) is 2.61. The van der Waals surface area contributed by atoms with Gasteiger partial charge in [0.15, 0.2) is 0 Å². The van der Waals surface area contributed by atoms with Crippen LogP contribution in [-0.4, -0.2) is 25.2 Å². The number of ether oxygens (including phenoxy) is 1. The van der Waals surface area contributed by atoms with E-state index in [0.717, 1.165) is 11.1 Å². The van der Waals surface area contributed by atoms with E-state index in [1.807, 2.05) is 30.3 Å². The molecule has 0 aliphatic rings. The van der Waals surface area contributed by atoms with Crippen LogP contribution in [0.15, 0.2) is 59.7 Å². The van der Waals surface area contributed by atoms with Gasteiger partial charge < -0.3 is 4.74 Å². The van der Waals surface area contributed by atoms with Crippen LogP contribution in [-0.2, 0) is 16.0 Å². The normalized spacial score (nSPS) is 10.5. The van der Waals surface area contributed by atoms with E-state index in [0.29, 0.717) is 18.4 Å². The number of hydrogen-bond donors (Lipinski definition) is 1. The lowest BCUT2D eigenvalue weighted by Crippen LogP contribution is -2.17. The number of hydrogen-bond acceptors (Lipinski definition) is 4. The minimum atomic E-state index is -0.386. The smallest absolute Gasteiger partial charge is 0.337 e. The van der Waals surface area contributed by atoms with E-state index >= 15 is 0 Å². The number of rotatable bonds is 6. The largest absolute Gasteiger partial charge is 0.465 e. The van der Waals surface area contributed by atoms with Crippen LogP contribution < -0.4 is 5.43 Å². The summed E-state index contributed by atoms with van der Waals surface area (Å²) < 4.78 is 4.62. The summed E-state index contributed by atoms with van der Waals surface area (Å²) in [6, 6.07) is 16.6. The van der Waals surface area contributed by atoms with Crippen molar-refractivity contribution in [3.05, 3.63) is 71.3 Å². The maximum atomic E-state index is 11.7. The molecule has 5 nitrogen and oxygen atoms in total. The SMILES string of the molecule is COC(=O)c1ccc(/C=N\NC(=O)CCc2ccccc2)cc1. The minimum Gasteiger partial charge on any atom is -0.465 e. The molecule has 0 aliphatic carbocycles. The standard InChI is InChI=1S/C18H18N2O3/c1-23-18(22)16-10-7-15(8-11-16)13-19-20-17(21)12-9-14-5-3-2-4-6-14/h2-8,10-11,13H,9,12H2,1H3,(H,20,21)/b19-13-. The molecule has 0 unspecified atom stereocenters. The van der Waals surface area contributed by atoms with Crippen molar-refractivity contribution in [2.24, 2.45) is 5.10 Å². The van der Waals surface area contributed by atoms with Crippen LogP contribution in [0.25, 0.3) is 0 Å². The zero-order valence-electron chi connectivity index (χ0n) is 12.9. The van der Waals surface area contributed by atoms with E-state index < -0.39 is 0 Å². The van der Waals surface area contributed by atoms with Gasteiger partial charge in [0, 0.05) is 6.42 Å². The summed E-state index contributed by atoms with van der Waals surface area (Å²) in [6.45, 7) is 0. The van der Waals surface area contributed by atoms with Crippen molar-refractivity contribution in [2.45, 2.75) is 12.8 Å². The molecule has 23 heavy (non-hydrogen) atoms. The number of carbonyl (C=O) groups excluding carboxylic acids is 2. The molecule has 0 bridgehead atoms. The van der Waals surface area contributed by atoms with Crippen LogP contribution in [0.4, 0.5) is 0 Å². The summed E-state index contributed by atoms with van der Waals surface area (Å²) in [5.41, 5.74) is 4.85. The first-order valence-electron chi connectivity index (χ1n) is 7.23. The van der Waals surface area contributed by atoms with Crippen molar-refractivity contribution >= 4 is 18.1 Å². The lowest BCUT2D eigenvalue weighted by Gasteiger charge is -2.01. The molecular formula is C18H18N2O3. The number of nitrogens with zero attached hydrogens (tertiary/aromatic N) is 1. The number of methoxy groups -OCH3 is 1. The van der Waals surface area contributed by atoms with Gasteiger partial charge in [0.1, 0.15) is 0 Å². The second kappa shape index (κ2) is 8.48. The third-order valence-corrected chi connectivity index (χ3v) is 3.22. The molecule has 0 radical (unpaired) electrons. The van der Waals surface area contributed by atoms with Gasteiger partial charge in [0.2, 0.25) is 5.91 Å². The van der Waals surface area contributed by atoms with E-state index in [1.54, 1.807) is 24.3 Å². The van der Waals surface area contributed by atoms with Crippen molar-refractivity contribution in [1.82, 2.24) is 5.43 Å². The highest BCUT2D eigenvalue weighted by Crippen LogP contribution is 2.04. The average molecular weight is 310 g/mol. The van der Waals surface area contributed by atoms with Crippen LogP contribution in [0.1, 0.15) is 27.9 Å². The van der Waals surface area contributed by atoms with Crippen molar-refractivity contribution in [3.63, 3.8) is 0 Å². The predicted octanol–water partition coefficient (Wildman–Crippen LogP) is 2.56. The molecule has 2 aromatic rings. The van der Waals surface area contributed by atoms with Gasteiger partial charge in [-0.1, -0.05) is 42.5 Å². The number of benzene rings is 2. The van der Waals surface area contributed by atoms with E-state index in [-0.39, 0.29) is 11.9 Å². The van der Waals surface area contributed by atoms with Gasteiger partial charge in [-0.15, -0.1) is 0 Å². The van der Waals surface area contributed by atoms with Gasteiger partial charge in [-0.3, -0.25) is 4.79 Å². The third-order valence-electron chi connectivity index (χ3n) is 3.22. The van der Waals surface area contributed by atoms with Gasteiger partial charge in [-0.25, -0.2) is 10.2 Å². The van der Waals surface area contributed by atoms with Gasteiger partial charge in [0.25, 0.3) is 0 Å². The number of nitrogens with one attached hydrogen (secondary N) is 1. The van der Waals surface area contributed by atoms with Crippen molar-refractivity contribution in [3.8, 4) is 0 Å². The maximum absolute atomic E-state index is 11.7. The first kappa shape index (κ1) is 16.4. The predicted molar refractivity (Wildman–Crippen MR) is 88.3 cm³/mol. The van der Waals surface area contributed by atoms with E-state index in [9.17, 15) is 9.59 Å². The Morgan fingerprint density at radius 2 is 1.78 bits per heavy atom. The summed E-state index contributed by atoms with van der Waals surface area (Å²) in [6.07, 6.45) is 2.58. The molecule has 0 aliphatic heterocycles. The summed E-state index contributed by atoms with van der Waals surface area (Å²) in [7, 11) is 1.34. The molecule has 2 aromatic carbocycles. The second-order valence-electron chi connectivity index (χ2n) is 4.89. The second-order valence-corrected chi connectivity index (χ2v) is 4.89. The van der Waals surface area contributed by atoms with Crippen molar-refractivity contribution < 1.29 is 14.3 Å². The van der Waals surface area contributed by atoms with Crippen LogP contribution in [0.2, 0.25) is 0 Å². The fourth-order valence-electron chi connectivity index (χ4n) is 1.96. The Kier molecular flexibility index (Phi) is 6.06. The Morgan fingerprint density at radius 1 is 1.09 bits per heavy atom. The molecule has 0 atom stereocenters. The third kappa shape index (κ3) is 5.39. The highest BCUT2D eigenvalue weighted by atomic mass is 16.5. The lowest BCUT2D eigenvalue weighted by molar-refractivity contribution is -0.121. The number of esters is 1. The molecule has 0 saturated heterocycles. The molecule has 2 rings (SSSR count). The Balaban J connectivity index is 1.79. The van der Waals surface area contributed by atoms with Gasteiger partial charge in [-0.05, 0) is 29.7 Å². The van der Waals surface area contributed by atoms with E-state index in [4.69, 9.17) is 0 Å². The lowest BCUT2D eigenvalue weighted by atomic mass is 10.1. The Labute approximate surface area is 135 Å². The highest BCUT2D eigenvalue weighted by Gasteiger charge is 2.03. The van der Waals surface area contributed by atoms with Crippen LogP contribution in [0.3, 0.4) is 0 Å². The maximum Gasteiger partial charge on any atom is 0.337 e. The Bertz CT molecular complexity index is 679. The summed E-state index contributed by atoms with van der Waals surface area (Å²) >= 11 is 0. The zero-order valence-corrected chi connectivity index (χ0v) is 12.9. The molecule has 1 N–H and O–H groups in total. The van der Waals surface area contributed by atoms with E-state index in [1.165, 1.54) is 13.3 Å². The van der Waals surface area contributed by atoms with Crippen LogP contribution >= 0.6 is 0 Å². The van der Waals surface area contributed by atoms with Crippen molar-refractivity contribution in [2.75, 3.05) is 7.11 Å². The highest BCUT2D eigenvalue weighted by molar-refractivity contribution is 5.90. The van der Waals surface area contributed by atoms with Gasteiger partial charge in [-0.2, -0.15) is 5.10 Å². The molecular weight excluding hydrogens is 292 g/mol. The molecule has 0 aromatic heterocycles. The monoisotopic (exact) mass is 310 g/mol. The first-order valence-corrected chi connectivity index (χ1v) is 7.23. The van der Waals surface area contributed by atoms with Crippen molar-refractivity contribution in [1.29, 1.82) is 0 Å². The zero-order chi connectivity index (χ0) is 16.5. The van der Waals surface area contributed by atoms with Gasteiger partial charge >= 0.3 is 5.97 Å². The topological polar surface area (TPSA) is 67.8 Å². The molecule has 0 saturated carbocycles. The summed E-state index contributed by atoms with van der Waals surface area (Å²) in [4.78, 5) is 23.0. The Hall–Kier alpha value is -2.95. The fourth-order valence-corrected chi connectivity index (χ4v) is 1.96. The number of aryl methyl sites for hydroxylation is 1. The molecule has 5 heteroatoms. The molecule has 118 valence electrons. The number of amides is 1. The van der Waals surface area contributed by atoms with Crippen LogP contribution in [0.5, 0.6) is 0 Å². The first-order chi connectivity index (χ1) is 11.2. The fraction of sp³-hybridized carbons (Fsp3) is 0.167. The molecule has 0 fully saturated rings. The molecule has 0 heterocycles. The quantitative estimate of drug-likeness (QED) is 0.506. The molecule has 1 amide bonds. The van der Waals surface area contributed by atoms with Gasteiger partial charge in [0.05, 0.1) is 18.9 Å². The number of carbonyl (C=O) groups is 2. The molecule has 0 spiro atoms. The van der Waals surface area contributed by atoms with Crippen LogP contribution in [0, 0.1) is 0 Å². The summed E-state index contributed by atoms with van der Waals surface area (Å²) in [5.74, 6) is -0.529. The minimum absolute atomic E-state index is 0.142. The number of hydrazone groups is 1.